The zero-order valence-electron chi connectivity index (χ0n) is 18.8. The van der Waals surface area contributed by atoms with Crippen LogP contribution in [0.3, 0.4) is 0 Å². The number of aromatic nitrogens is 3. The molecule has 0 unspecified atom stereocenters. The molecule has 0 N–H and O–H groups in total. The number of hydrogen-bond donors (Lipinski definition) is 0. The molecule has 0 aromatic carbocycles. The molecule has 1 amide bonds. The predicted molar refractivity (Wildman–Crippen MR) is 115 cm³/mol. The smallest absolute Gasteiger partial charge is 0.222 e. The fourth-order valence-corrected chi connectivity index (χ4v) is 5.26. The standard InChI is InChI=1S/C23H33N5O2/c1-14-12-24-16(3)23(25-14)28-9-8-18-10-20(11-19(18)13-28)27(5)22(29)7-6-21-15(2)26-30-17(21)4/h12,18-20H,6-11,13H2,1-5H3/t18-,19-,20+/m1/s1. The molecule has 1 aliphatic carbocycles. The number of hydrogen-bond acceptors (Lipinski definition) is 6. The molecular weight excluding hydrogens is 378 g/mol. The zero-order valence-corrected chi connectivity index (χ0v) is 18.8. The van der Waals surface area contributed by atoms with Gasteiger partial charge in [-0.05, 0) is 65.2 Å². The number of piperidine rings is 1. The number of anilines is 1. The van der Waals surface area contributed by atoms with Crippen molar-refractivity contribution in [3.8, 4) is 0 Å². The summed E-state index contributed by atoms with van der Waals surface area (Å²) in [6.45, 7) is 9.93. The van der Waals surface area contributed by atoms with Gasteiger partial charge in [0.15, 0.2) is 0 Å². The number of amides is 1. The first kappa shape index (κ1) is 20.8. The average molecular weight is 412 g/mol. The van der Waals surface area contributed by atoms with Crippen LogP contribution in [-0.2, 0) is 11.2 Å². The van der Waals surface area contributed by atoms with Crippen molar-refractivity contribution < 1.29 is 9.32 Å². The highest BCUT2D eigenvalue weighted by Gasteiger charge is 2.41. The number of nitrogens with zero attached hydrogens (tertiary/aromatic N) is 5. The van der Waals surface area contributed by atoms with E-state index in [1.807, 2.05) is 45.8 Å². The topological polar surface area (TPSA) is 75.4 Å². The Hall–Kier alpha value is -2.44. The third kappa shape index (κ3) is 4.07. The van der Waals surface area contributed by atoms with Gasteiger partial charge in [0, 0.05) is 44.4 Å². The lowest BCUT2D eigenvalue weighted by molar-refractivity contribution is -0.131. The van der Waals surface area contributed by atoms with Gasteiger partial charge >= 0.3 is 0 Å². The molecule has 2 aliphatic rings. The van der Waals surface area contributed by atoms with E-state index in [1.54, 1.807) is 0 Å². The van der Waals surface area contributed by atoms with Gasteiger partial charge < -0.3 is 14.3 Å². The second-order valence-corrected chi connectivity index (χ2v) is 9.11. The maximum Gasteiger partial charge on any atom is 0.222 e. The monoisotopic (exact) mass is 411 g/mol. The van der Waals surface area contributed by atoms with Crippen LogP contribution in [0.15, 0.2) is 10.7 Å². The Bertz CT molecular complexity index is 905. The summed E-state index contributed by atoms with van der Waals surface area (Å²) in [6.07, 6.45) is 6.40. The van der Waals surface area contributed by atoms with Crippen LogP contribution in [0, 0.1) is 39.5 Å². The van der Waals surface area contributed by atoms with Crippen molar-refractivity contribution in [1.82, 2.24) is 20.0 Å². The lowest BCUT2D eigenvalue weighted by Gasteiger charge is -2.36. The molecule has 2 aromatic rings. The molecular formula is C23H33N5O2. The van der Waals surface area contributed by atoms with E-state index in [-0.39, 0.29) is 5.91 Å². The van der Waals surface area contributed by atoms with Crippen molar-refractivity contribution in [2.24, 2.45) is 11.8 Å². The van der Waals surface area contributed by atoms with Crippen LogP contribution in [0.25, 0.3) is 0 Å². The molecule has 7 heteroatoms. The summed E-state index contributed by atoms with van der Waals surface area (Å²) in [5.74, 6) is 3.38. The molecule has 0 radical (unpaired) electrons. The summed E-state index contributed by atoms with van der Waals surface area (Å²) in [6, 6.07) is 0.335. The fourth-order valence-electron chi connectivity index (χ4n) is 5.26. The van der Waals surface area contributed by atoms with Crippen LogP contribution in [0.4, 0.5) is 5.82 Å². The Labute approximate surface area is 178 Å². The third-order valence-corrected chi connectivity index (χ3v) is 7.10. The first-order chi connectivity index (χ1) is 14.3. The van der Waals surface area contributed by atoms with Gasteiger partial charge in [-0.25, -0.2) is 4.98 Å². The fraction of sp³-hybridized carbons (Fsp3) is 0.652. The molecule has 7 nitrogen and oxygen atoms in total. The van der Waals surface area contributed by atoms with E-state index in [9.17, 15) is 4.79 Å². The minimum absolute atomic E-state index is 0.218. The Kier molecular flexibility index (Phi) is 5.80. The minimum atomic E-state index is 0.218. The normalized spacial score (nSPS) is 23.5. The van der Waals surface area contributed by atoms with Gasteiger partial charge in [-0.15, -0.1) is 0 Å². The summed E-state index contributed by atoms with van der Waals surface area (Å²) < 4.78 is 5.23. The Morgan fingerprint density at radius 3 is 2.70 bits per heavy atom. The Morgan fingerprint density at radius 2 is 1.97 bits per heavy atom. The Morgan fingerprint density at radius 1 is 1.20 bits per heavy atom. The highest BCUT2D eigenvalue weighted by atomic mass is 16.5. The maximum atomic E-state index is 12.9. The molecule has 162 valence electrons. The van der Waals surface area contributed by atoms with Crippen LogP contribution >= 0.6 is 0 Å². The van der Waals surface area contributed by atoms with Crippen LogP contribution in [0.2, 0.25) is 0 Å². The van der Waals surface area contributed by atoms with Crippen molar-refractivity contribution in [3.05, 3.63) is 34.6 Å². The minimum Gasteiger partial charge on any atom is -0.361 e. The van der Waals surface area contributed by atoms with Crippen molar-refractivity contribution in [2.45, 2.75) is 65.8 Å². The molecule has 2 fully saturated rings. The highest BCUT2D eigenvalue weighted by molar-refractivity contribution is 5.76. The molecule has 0 spiro atoms. The molecule has 1 saturated carbocycles. The highest BCUT2D eigenvalue weighted by Crippen LogP contribution is 2.41. The van der Waals surface area contributed by atoms with Gasteiger partial charge in [0.1, 0.15) is 11.6 Å². The second kappa shape index (κ2) is 8.36. The molecule has 1 saturated heterocycles. The number of carbonyl (C=O) groups is 1. The first-order valence-electron chi connectivity index (χ1n) is 11.1. The number of fused-ring (bicyclic) bond motifs is 1. The van der Waals surface area contributed by atoms with E-state index >= 15 is 0 Å². The number of carbonyl (C=O) groups excluding carboxylic acids is 1. The van der Waals surface area contributed by atoms with E-state index in [0.29, 0.717) is 30.7 Å². The van der Waals surface area contributed by atoms with Crippen LogP contribution in [-0.4, -0.2) is 52.1 Å². The SMILES string of the molecule is Cc1cnc(C)c(N2CC[C@@H]3C[C@H](N(C)C(=O)CCc4c(C)noc4C)C[C@@H]3C2)n1. The summed E-state index contributed by atoms with van der Waals surface area (Å²) in [5.41, 5.74) is 3.93. The van der Waals surface area contributed by atoms with Gasteiger partial charge in [-0.2, -0.15) is 0 Å². The van der Waals surface area contributed by atoms with Crippen molar-refractivity contribution >= 4 is 11.7 Å². The van der Waals surface area contributed by atoms with Gasteiger partial charge in [0.05, 0.1) is 17.1 Å². The van der Waals surface area contributed by atoms with Gasteiger partial charge in [-0.1, -0.05) is 5.16 Å². The second-order valence-electron chi connectivity index (χ2n) is 9.11. The van der Waals surface area contributed by atoms with E-state index in [2.05, 4.69) is 15.0 Å². The van der Waals surface area contributed by atoms with Crippen molar-refractivity contribution in [3.63, 3.8) is 0 Å². The lowest BCUT2D eigenvalue weighted by Crippen LogP contribution is -2.39. The molecule has 4 rings (SSSR count). The van der Waals surface area contributed by atoms with Gasteiger partial charge in [-0.3, -0.25) is 9.78 Å². The molecule has 2 aromatic heterocycles. The molecule has 3 heterocycles. The summed E-state index contributed by atoms with van der Waals surface area (Å²) >= 11 is 0. The Balaban J connectivity index is 1.35. The lowest BCUT2D eigenvalue weighted by atomic mass is 9.88. The first-order valence-corrected chi connectivity index (χ1v) is 11.1. The molecule has 1 aliphatic heterocycles. The van der Waals surface area contributed by atoms with Crippen LogP contribution in [0.5, 0.6) is 0 Å². The summed E-state index contributed by atoms with van der Waals surface area (Å²) in [5, 5.41) is 3.99. The average Bonchev–Trinajstić information content (AvgIpc) is 3.29. The quantitative estimate of drug-likeness (QED) is 0.751. The van der Waals surface area contributed by atoms with E-state index in [4.69, 9.17) is 9.51 Å². The molecule has 30 heavy (non-hydrogen) atoms. The summed E-state index contributed by atoms with van der Waals surface area (Å²) in [7, 11) is 1.98. The van der Waals surface area contributed by atoms with Crippen LogP contribution in [0.1, 0.15) is 54.1 Å². The zero-order chi connectivity index (χ0) is 21.4. The molecule has 3 atom stereocenters. The largest absolute Gasteiger partial charge is 0.361 e. The predicted octanol–water partition coefficient (Wildman–Crippen LogP) is 3.39. The maximum absolute atomic E-state index is 12.9. The van der Waals surface area contributed by atoms with Gasteiger partial charge in [0.25, 0.3) is 0 Å². The van der Waals surface area contributed by atoms with Gasteiger partial charge in [0.2, 0.25) is 5.91 Å². The third-order valence-electron chi connectivity index (χ3n) is 7.10. The van der Waals surface area contributed by atoms with Crippen molar-refractivity contribution in [1.29, 1.82) is 0 Å². The van der Waals surface area contributed by atoms with Crippen LogP contribution < -0.4 is 4.90 Å². The van der Waals surface area contributed by atoms with E-state index in [0.717, 1.165) is 66.6 Å². The van der Waals surface area contributed by atoms with Crippen molar-refractivity contribution in [2.75, 3.05) is 25.0 Å². The summed E-state index contributed by atoms with van der Waals surface area (Å²) in [4.78, 5) is 26.5. The molecule has 0 bridgehead atoms. The number of rotatable bonds is 5. The van der Waals surface area contributed by atoms with E-state index < -0.39 is 0 Å². The number of aryl methyl sites for hydroxylation is 4. The van der Waals surface area contributed by atoms with E-state index in [1.165, 1.54) is 0 Å².